The second kappa shape index (κ2) is 13.2. The first kappa shape index (κ1) is 28.6. The largest absolute Gasteiger partial charge is 0.495 e. The van der Waals surface area contributed by atoms with Crippen LogP contribution in [0, 0.1) is 0 Å². The van der Waals surface area contributed by atoms with Gasteiger partial charge in [0.1, 0.15) is 11.6 Å². The number of ether oxygens (including phenoxy) is 1. The normalized spacial score (nSPS) is 11.7. The number of para-hydroxylation sites is 3. The van der Waals surface area contributed by atoms with Crippen molar-refractivity contribution in [2.75, 3.05) is 19.0 Å². The number of urea groups is 1. The van der Waals surface area contributed by atoms with Crippen LogP contribution in [-0.2, 0) is 12.8 Å². The molecule has 0 aliphatic heterocycles. The van der Waals surface area contributed by atoms with Crippen molar-refractivity contribution >= 4 is 22.6 Å². The highest BCUT2D eigenvalue weighted by atomic mass is 16.5. The molecule has 0 aliphatic carbocycles. The van der Waals surface area contributed by atoms with Crippen molar-refractivity contribution in [2.45, 2.75) is 39.2 Å². The van der Waals surface area contributed by atoms with Gasteiger partial charge in [0.25, 0.3) is 5.56 Å². The molecule has 1 N–H and O–H groups in total. The Morgan fingerprint density at radius 2 is 1.57 bits per heavy atom. The predicted octanol–water partition coefficient (Wildman–Crippen LogP) is 7.18. The van der Waals surface area contributed by atoms with Crippen molar-refractivity contribution in [1.82, 2.24) is 14.5 Å². The molecule has 42 heavy (non-hydrogen) atoms. The third kappa shape index (κ3) is 6.05. The van der Waals surface area contributed by atoms with Crippen LogP contribution in [-0.4, -0.2) is 34.1 Å². The van der Waals surface area contributed by atoms with Gasteiger partial charge in [-0.15, -0.1) is 0 Å². The van der Waals surface area contributed by atoms with E-state index in [4.69, 9.17) is 9.72 Å². The summed E-state index contributed by atoms with van der Waals surface area (Å²) in [6.07, 6.45) is 2.08. The van der Waals surface area contributed by atoms with Crippen molar-refractivity contribution in [1.29, 1.82) is 0 Å². The van der Waals surface area contributed by atoms with Gasteiger partial charge < -0.3 is 15.0 Å². The van der Waals surface area contributed by atoms with Gasteiger partial charge in [0.15, 0.2) is 0 Å². The average Bonchev–Trinajstić information content (AvgIpc) is 3.04. The second-order valence-electron chi connectivity index (χ2n) is 10.1. The number of carbonyl (C=O) groups is 1. The zero-order chi connectivity index (χ0) is 29.5. The summed E-state index contributed by atoms with van der Waals surface area (Å²) in [4.78, 5) is 35.0. The van der Waals surface area contributed by atoms with Crippen LogP contribution in [0.3, 0.4) is 0 Å². The number of rotatable bonds is 10. The molecule has 0 bridgehead atoms. The molecule has 0 saturated heterocycles. The number of methoxy groups -OCH3 is 1. The van der Waals surface area contributed by atoms with Crippen LogP contribution >= 0.6 is 0 Å². The van der Waals surface area contributed by atoms with Crippen molar-refractivity contribution in [3.8, 4) is 11.4 Å². The number of benzene rings is 4. The van der Waals surface area contributed by atoms with E-state index in [1.807, 2.05) is 91.9 Å². The highest BCUT2D eigenvalue weighted by Crippen LogP contribution is 2.29. The number of anilines is 1. The zero-order valence-electron chi connectivity index (χ0n) is 24.3. The Bertz CT molecular complexity index is 1710. The molecule has 1 unspecified atom stereocenters. The van der Waals surface area contributed by atoms with E-state index >= 15 is 0 Å². The maximum absolute atomic E-state index is 14.1. The Labute approximate surface area is 246 Å². The quantitative estimate of drug-likeness (QED) is 0.196. The summed E-state index contributed by atoms with van der Waals surface area (Å²) < 4.78 is 7.16. The molecule has 7 nitrogen and oxygen atoms in total. The fourth-order valence-corrected chi connectivity index (χ4v) is 5.27. The minimum atomic E-state index is -0.494. The molecule has 5 aromatic rings. The lowest BCUT2D eigenvalue weighted by Gasteiger charge is -2.32. The smallest absolute Gasteiger partial charge is 0.322 e. The summed E-state index contributed by atoms with van der Waals surface area (Å²) in [7, 11) is 1.58. The van der Waals surface area contributed by atoms with Crippen molar-refractivity contribution in [2.24, 2.45) is 0 Å². The van der Waals surface area contributed by atoms with Crippen molar-refractivity contribution in [3.63, 3.8) is 0 Å². The molecule has 5 rings (SSSR count). The average molecular weight is 561 g/mol. The lowest BCUT2D eigenvalue weighted by atomic mass is 10.1. The first-order valence-corrected chi connectivity index (χ1v) is 14.4. The van der Waals surface area contributed by atoms with Crippen LogP contribution in [0.25, 0.3) is 16.6 Å². The molecule has 0 saturated carbocycles. The molecular weight excluding hydrogens is 524 g/mol. The molecule has 2 amide bonds. The van der Waals surface area contributed by atoms with Gasteiger partial charge in [0, 0.05) is 6.54 Å². The van der Waals surface area contributed by atoms with Gasteiger partial charge in [-0.1, -0.05) is 80.6 Å². The summed E-state index contributed by atoms with van der Waals surface area (Å²) >= 11 is 0. The number of hydrogen-bond acceptors (Lipinski definition) is 4. The second-order valence-corrected chi connectivity index (χ2v) is 10.1. The molecule has 0 fully saturated rings. The molecule has 1 aromatic heterocycles. The van der Waals surface area contributed by atoms with Crippen LogP contribution < -0.4 is 15.6 Å². The van der Waals surface area contributed by atoms with Crippen LogP contribution in [0.4, 0.5) is 10.5 Å². The SMILES string of the molecule is CCc1ccc(-n2c(C(CC)N(CCc3ccccc3)C(=O)Nc3ccccc3OC)nc3ccccc3c2=O)cc1. The number of aryl methyl sites for hydroxylation is 1. The first-order valence-electron chi connectivity index (χ1n) is 14.4. The summed E-state index contributed by atoms with van der Waals surface area (Å²) in [5.74, 6) is 1.09. The fraction of sp³-hybridized carbons (Fsp3) is 0.229. The maximum atomic E-state index is 14.1. The predicted molar refractivity (Wildman–Crippen MR) is 169 cm³/mol. The maximum Gasteiger partial charge on any atom is 0.322 e. The number of nitrogens with one attached hydrogen (secondary N) is 1. The van der Waals surface area contributed by atoms with E-state index in [0.29, 0.717) is 47.6 Å². The third-order valence-corrected chi connectivity index (χ3v) is 7.56. The van der Waals surface area contributed by atoms with E-state index in [2.05, 4.69) is 24.4 Å². The Balaban J connectivity index is 1.64. The zero-order valence-corrected chi connectivity index (χ0v) is 24.3. The van der Waals surface area contributed by atoms with Crippen LogP contribution in [0.2, 0.25) is 0 Å². The minimum absolute atomic E-state index is 0.161. The van der Waals surface area contributed by atoms with Gasteiger partial charge in [-0.25, -0.2) is 9.78 Å². The Morgan fingerprint density at radius 3 is 2.29 bits per heavy atom. The molecule has 1 heterocycles. The summed E-state index contributed by atoms with van der Waals surface area (Å²) in [5, 5.41) is 3.59. The molecule has 0 radical (unpaired) electrons. The monoisotopic (exact) mass is 560 g/mol. The Hall–Kier alpha value is -4.91. The highest BCUT2D eigenvalue weighted by molar-refractivity contribution is 5.91. The summed E-state index contributed by atoms with van der Waals surface area (Å²) in [6, 6.07) is 32.0. The van der Waals surface area contributed by atoms with E-state index in [1.54, 1.807) is 22.6 Å². The molecule has 4 aromatic carbocycles. The van der Waals surface area contributed by atoms with E-state index in [-0.39, 0.29) is 11.6 Å². The van der Waals surface area contributed by atoms with Crippen molar-refractivity contribution < 1.29 is 9.53 Å². The number of hydrogen-bond donors (Lipinski definition) is 1. The first-order chi connectivity index (χ1) is 20.5. The van der Waals surface area contributed by atoms with E-state index in [0.717, 1.165) is 17.7 Å². The van der Waals surface area contributed by atoms with Gasteiger partial charge in [0.05, 0.1) is 35.4 Å². The molecule has 214 valence electrons. The molecule has 0 aliphatic rings. The van der Waals surface area contributed by atoms with Gasteiger partial charge in [-0.3, -0.25) is 9.36 Å². The molecule has 7 heteroatoms. The third-order valence-electron chi connectivity index (χ3n) is 7.56. The van der Waals surface area contributed by atoms with Crippen LogP contribution in [0.15, 0.2) is 108 Å². The molecule has 1 atom stereocenters. The summed E-state index contributed by atoms with van der Waals surface area (Å²) in [6.45, 7) is 4.53. The minimum Gasteiger partial charge on any atom is -0.495 e. The molecule has 0 spiro atoms. The topological polar surface area (TPSA) is 76.5 Å². The van der Waals surface area contributed by atoms with Gasteiger partial charge >= 0.3 is 6.03 Å². The van der Waals surface area contributed by atoms with E-state index in [1.165, 1.54) is 5.56 Å². The number of nitrogens with zero attached hydrogens (tertiary/aromatic N) is 3. The highest BCUT2D eigenvalue weighted by Gasteiger charge is 2.29. The van der Waals surface area contributed by atoms with Gasteiger partial charge in [-0.05, 0) is 66.8 Å². The summed E-state index contributed by atoms with van der Waals surface area (Å²) in [5.41, 5.74) is 4.02. The Morgan fingerprint density at radius 1 is 0.881 bits per heavy atom. The van der Waals surface area contributed by atoms with E-state index < -0.39 is 6.04 Å². The van der Waals surface area contributed by atoms with Crippen LogP contribution in [0.1, 0.15) is 43.3 Å². The Kier molecular flexibility index (Phi) is 8.97. The number of fused-ring (bicyclic) bond motifs is 1. The number of amides is 2. The number of carbonyl (C=O) groups excluding carboxylic acids is 1. The van der Waals surface area contributed by atoms with Gasteiger partial charge in [0.2, 0.25) is 0 Å². The standard InChI is InChI=1S/C35H36N4O3/c1-4-25-19-21-27(22-20-25)39-33(36-29-16-10-9-15-28(29)34(39)40)31(5-2)38(24-23-26-13-7-6-8-14-26)35(41)37-30-17-11-12-18-32(30)42-3/h6-22,31H,4-5,23-24H2,1-3H3,(H,37,41). The van der Waals surface area contributed by atoms with Crippen LogP contribution in [0.5, 0.6) is 5.75 Å². The number of aromatic nitrogens is 2. The fourth-order valence-electron chi connectivity index (χ4n) is 5.27. The lowest BCUT2D eigenvalue weighted by Crippen LogP contribution is -2.42. The van der Waals surface area contributed by atoms with E-state index in [9.17, 15) is 9.59 Å². The lowest BCUT2D eigenvalue weighted by molar-refractivity contribution is 0.182. The van der Waals surface area contributed by atoms with Gasteiger partial charge in [-0.2, -0.15) is 0 Å². The van der Waals surface area contributed by atoms with Crippen molar-refractivity contribution in [3.05, 3.63) is 130 Å². The molecular formula is C35H36N4O3.